The van der Waals surface area contributed by atoms with Crippen molar-refractivity contribution in [3.63, 3.8) is 0 Å². The quantitative estimate of drug-likeness (QED) is 0.226. The topological polar surface area (TPSA) is 65.3 Å². The van der Waals surface area contributed by atoms with Gasteiger partial charge in [0, 0.05) is 35.9 Å². The molecule has 0 bridgehead atoms. The molecule has 1 fully saturated rings. The Bertz CT molecular complexity index is 1140. The Labute approximate surface area is 223 Å². The van der Waals surface area contributed by atoms with Crippen LogP contribution >= 0.6 is 0 Å². The zero-order valence-electron chi connectivity index (χ0n) is 23.1. The number of hydrogen-bond donors (Lipinski definition) is 4. The van der Waals surface area contributed by atoms with Crippen molar-refractivity contribution in [2.24, 2.45) is 5.73 Å². The average molecular weight is 500 g/mol. The lowest BCUT2D eigenvalue weighted by Gasteiger charge is -2.38. The van der Waals surface area contributed by atoms with Gasteiger partial charge >= 0.3 is 0 Å². The van der Waals surface area contributed by atoms with Crippen LogP contribution in [0.4, 0.5) is 5.69 Å². The summed E-state index contributed by atoms with van der Waals surface area (Å²) in [4.78, 5) is 2.47. The lowest BCUT2D eigenvalue weighted by atomic mass is 9.70. The number of fused-ring (bicyclic) bond motifs is 3. The Hall–Kier alpha value is -3.18. The maximum atomic E-state index is 5.86. The van der Waals surface area contributed by atoms with E-state index in [-0.39, 0.29) is 23.2 Å². The molecule has 0 spiro atoms. The number of anilines is 1. The zero-order chi connectivity index (χ0) is 26.6. The maximum Gasteiger partial charge on any atom is 0.0940 e. The van der Waals surface area contributed by atoms with Crippen LogP contribution in [-0.4, -0.2) is 36.2 Å². The van der Waals surface area contributed by atoms with Crippen molar-refractivity contribution in [1.82, 2.24) is 15.5 Å². The van der Waals surface area contributed by atoms with E-state index in [0.717, 1.165) is 50.0 Å². The number of likely N-dealkylation sites (N-methyl/N-ethyl adjacent to an activating group) is 1. The molecule has 5 heteroatoms. The van der Waals surface area contributed by atoms with Gasteiger partial charge in [-0.1, -0.05) is 62.0 Å². The lowest BCUT2D eigenvalue weighted by Crippen LogP contribution is -2.50. The zero-order valence-corrected chi connectivity index (χ0v) is 23.1. The van der Waals surface area contributed by atoms with Crippen molar-refractivity contribution in [2.45, 2.75) is 76.0 Å². The average Bonchev–Trinajstić information content (AvgIpc) is 3.35. The molecule has 5 nitrogen and oxygen atoms in total. The van der Waals surface area contributed by atoms with Gasteiger partial charge in [0.1, 0.15) is 0 Å². The van der Waals surface area contributed by atoms with Gasteiger partial charge in [-0.2, -0.15) is 0 Å². The minimum atomic E-state index is -0.218. The number of allylic oxidation sites excluding steroid dienone is 1. The van der Waals surface area contributed by atoms with Gasteiger partial charge in [0.25, 0.3) is 0 Å². The maximum absolute atomic E-state index is 5.86. The number of nitrogens with two attached hydrogens (primary N) is 1. The van der Waals surface area contributed by atoms with E-state index in [2.05, 4.69) is 110 Å². The van der Waals surface area contributed by atoms with Crippen LogP contribution < -0.4 is 21.7 Å². The predicted molar refractivity (Wildman–Crippen MR) is 157 cm³/mol. The number of nitrogens with one attached hydrogen (secondary N) is 3. The first kappa shape index (κ1) is 26.9. The summed E-state index contributed by atoms with van der Waals surface area (Å²) in [6.07, 6.45) is 9.20. The van der Waals surface area contributed by atoms with Crippen molar-refractivity contribution in [3.8, 4) is 0 Å². The molecule has 5 N–H and O–H groups in total. The van der Waals surface area contributed by atoms with Crippen LogP contribution in [0, 0.1) is 0 Å². The highest BCUT2D eigenvalue weighted by Gasteiger charge is 2.62. The van der Waals surface area contributed by atoms with E-state index in [1.54, 1.807) is 0 Å². The highest BCUT2D eigenvalue weighted by molar-refractivity contribution is 5.67. The Kier molecular flexibility index (Phi) is 8.03. The highest BCUT2D eigenvalue weighted by atomic mass is 15.4. The molecule has 0 amide bonds. The van der Waals surface area contributed by atoms with Crippen molar-refractivity contribution in [1.29, 1.82) is 0 Å². The summed E-state index contributed by atoms with van der Waals surface area (Å²) in [5.41, 5.74) is 12.8. The van der Waals surface area contributed by atoms with Crippen LogP contribution in [0.25, 0.3) is 0 Å². The summed E-state index contributed by atoms with van der Waals surface area (Å²) in [5, 5.41) is 10.8. The molecule has 4 rings (SSSR count). The Morgan fingerprint density at radius 1 is 1.22 bits per heavy atom. The van der Waals surface area contributed by atoms with E-state index < -0.39 is 0 Å². The second-order valence-corrected chi connectivity index (χ2v) is 11.0. The number of para-hydroxylation sites is 1. The molecule has 2 aromatic rings. The molecule has 37 heavy (non-hydrogen) atoms. The molecule has 4 atom stereocenters. The van der Waals surface area contributed by atoms with Gasteiger partial charge in [-0.15, -0.1) is 6.58 Å². The fraction of sp³-hybridized carbons (Fsp3) is 0.438. The number of hydrogen-bond acceptors (Lipinski definition) is 5. The minimum absolute atomic E-state index is 0.146. The van der Waals surface area contributed by atoms with Crippen LogP contribution in [0.3, 0.4) is 0 Å². The van der Waals surface area contributed by atoms with Crippen molar-refractivity contribution < 1.29 is 0 Å². The monoisotopic (exact) mass is 499 g/mol. The van der Waals surface area contributed by atoms with Gasteiger partial charge < -0.3 is 21.7 Å². The van der Waals surface area contributed by atoms with Crippen LogP contribution in [0.1, 0.15) is 63.1 Å². The molecule has 3 unspecified atom stereocenters. The van der Waals surface area contributed by atoms with E-state index in [1.165, 1.54) is 22.4 Å². The molecule has 0 saturated carbocycles. The van der Waals surface area contributed by atoms with Gasteiger partial charge in [-0.3, -0.25) is 4.90 Å². The largest absolute Gasteiger partial charge is 0.401 e. The molecule has 0 aromatic heterocycles. The second kappa shape index (κ2) is 11.1. The van der Waals surface area contributed by atoms with Crippen LogP contribution in [0.5, 0.6) is 0 Å². The molecule has 2 aliphatic rings. The predicted octanol–water partition coefficient (Wildman–Crippen LogP) is 5.62. The Morgan fingerprint density at radius 3 is 2.65 bits per heavy atom. The third kappa shape index (κ3) is 5.02. The fourth-order valence-electron chi connectivity index (χ4n) is 6.04. The molecule has 0 radical (unpaired) electrons. The standard InChI is InChI=1S/C32H45N5/c1-7-23(3)35-24(4)31(5)22-32(28-14-9-10-15-29(28)36-30(32)37(31)6)26-18-16-25(17-19-26)13-11-12-20-34-21-27(33)8-2/h7,9-10,14-19,21,23,30,34-36H,1,4,8,11-13,20,22,33H2,2-3,5-6H3/b27-21-/t23?,30?,31?,32-/m0/s1. The second-order valence-electron chi connectivity index (χ2n) is 11.0. The van der Waals surface area contributed by atoms with Gasteiger partial charge in [0.05, 0.1) is 17.1 Å². The summed E-state index contributed by atoms with van der Waals surface area (Å²) in [7, 11) is 2.22. The van der Waals surface area contributed by atoms with Crippen molar-refractivity contribution in [3.05, 3.63) is 102 Å². The summed E-state index contributed by atoms with van der Waals surface area (Å²) < 4.78 is 0. The molecular weight excluding hydrogens is 454 g/mol. The van der Waals surface area contributed by atoms with Crippen molar-refractivity contribution in [2.75, 3.05) is 18.9 Å². The summed E-state index contributed by atoms with van der Waals surface area (Å²) in [6.45, 7) is 15.9. The Balaban J connectivity index is 1.55. The Morgan fingerprint density at radius 2 is 1.95 bits per heavy atom. The van der Waals surface area contributed by atoms with E-state index in [9.17, 15) is 0 Å². The molecule has 0 aliphatic carbocycles. The third-order valence-electron chi connectivity index (χ3n) is 8.56. The molecule has 198 valence electrons. The number of likely N-dealkylation sites (tertiary alicyclic amines) is 1. The first-order valence-corrected chi connectivity index (χ1v) is 13.7. The van der Waals surface area contributed by atoms with Gasteiger partial charge in [-0.25, -0.2) is 0 Å². The number of nitrogens with zero attached hydrogens (tertiary/aromatic N) is 1. The third-order valence-corrected chi connectivity index (χ3v) is 8.56. The molecule has 2 aromatic carbocycles. The highest BCUT2D eigenvalue weighted by Crippen LogP contribution is 2.58. The minimum Gasteiger partial charge on any atom is -0.401 e. The number of benzene rings is 2. The SMILES string of the molecule is C=CC(C)NC(=C)C1(C)C[C@]2(c3ccc(CCCCN/C=C(\N)CC)cc3)c3ccccc3NC2N1C. The van der Waals surface area contributed by atoms with E-state index >= 15 is 0 Å². The normalized spacial score (nSPS) is 25.6. The van der Waals surface area contributed by atoms with Gasteiger partial charge in [0.2, 0.25) is 0 Å². The molecular formula is C32H45N5. The first-order valence-electron chi connectivity index (χ1n) is 13.7. The number of rotatable bonds is 12. The smallest absolute Gasteiger partial charge is 0.0940 e. The molecule has 1 saturated heterocycles. The molecule has 2 aliphatic heterocycles. The van der Waals surface area contributed by atoms with Gasteiger partial charge in [0.15, 0.2) is 0 Å². The summed E-state index contributed by atoms with van der Waals surface area (Å²) >= 11 is 0. The fourth-order valence-corrected chi connectivity index (χ4v) is 6.04. The first-order chi connectivity index (χ1) is 17.8. The number of aryl methyl sites for hydroxylation is 1. The van der Waals surface area contributed by atoms with Gasteiger partial charge in [-0.05, 0) is 75.8 Å². The summed E-state index contributed by atoms with van der Waals surface area (Å²) in [5.74, 6) is 0. The van der Waals surface area contributed by atoms with Crippen LogP contribution in [0.15, 0.2) is 85.4 Å². The number of unbranched alkanes of at least 4 members (excludes halogenated alkanes) is 1. The van der Waals surface area contributed by atoms with E-state index in [0.29, 0.717) is 0 Å². The molecule has 2 heterocycles. The van der Waals surface area contributed by atoms with Crippen molar-refractivity contribution >= 4 is 5.69 Å². The lowest BCUT2D eigenvalue weighted by molar-refractivity contribution is 0.186. The summed E-state index contributed by atoms with van der Waals surface area (Å²) in [6, 6.07) is 18.3. The van der Waals surface area contributed by atoms with Crippen LogP contribution in [0.2, 0.25) is 0 Å². The van der Waals surface area contributed by atoms with E-state index in [4.69, 9.17) is 5.73 Å². The van der Waals surface area contributed by atoms with E-state index in [1.807, 2.05) is 12.3 Å². The van der Waals surface area contributed by atoms with Crippen LogP contribution in [-0.2, 0) is 11.8 Å².